The van der Waals surface area contributed by atoms with Crippen LogP contribution in [0.5, 0.6) is 17.2 Å². The fourth-order valence-electron chi connectivity index (χ4n) is 3.50. The van der Waals surface area contributed by atoms with Gasteiger partial charge in [-0.2, -0.15) is 0 Å². The number of aromatic nitrogens is 1. The van der Waals surface area contributed by atoms with E-state index in [4.69, 9.17) is 19.2 Å². The van der Waals surface area contributed by atoms with E-state index in [9.17, 15) is 4.79 Å². The monoisotopic (exact) mass is 549 g/mol. The zero-order valence-corrected chi connectivity index (χ0v) is 22.8. The van der Waals surface area contributed by atoms with Crippen molar-refractivity contribution in [2.75, 3.05) is 51.9 Å². The third-order valence-electron chi connectivity index (χ3n) is 4.96. The number of hydrogen-bond donors (Lipinski definition) is 0. The van der Waals surface area contributed by atoms with E-state index in [-0.39, 0.29) is 5.91 Å². The predicted octanol–water partition coefficient (Wildman–Crippen LogP) is 5.85. The molecule has 0 aliphatic carbocycles. The molecule has 1 amide bonds. The van der Waals surface area contributed by atoms with Crippen LogP contribution in [0.1, 0.15) is 37.6 Å². The van der Waals surface area contributed by atoms with Crippen LogP contribution in [0.25, 0.3) is 10.2 Å². The molecule has 0 spiro atoms. The van der Waals surface area contributed by atoms with Gasteiger partial charge in [0.1, 0.15) is 0 Å². The van der Waals surface area contributed by atoms with Gasteiger partial charge in [0, 0.05) is 16.6 Å². The highest BCUT2D eigenvalue weighted by molar-refractivity contribution is 9.10. The van der Waals surface area contributed by atoms with Gasteiger partial charge in [-0.05, 0) is 78.2 Å². The fraction of sp³-hybridized carbons (Fsp3) is 0.440. The third kappa shape index (κ3) is 6.40. The number of nitrogens with zero attached hydrogens (tertiary/aromatic N) is 3. The van der Waals surface area contributed by atoms with Gasteiger partial charge in [-0.1, -0.05) is 27.3 Å². The van der Waals surface area contributed by atoms with Crippen LogP contribution in [-0.2, 0) is 0 Å². The van der Waals surface area contributed by atoms with Gasteiger partial charge >= 0.3 is 0 Å². The molecule has 0 aliphatic heterocycles. The highest BCUT2D eigenvalue weighted by atomic mass is 79.9. The van der Waals surface area contributed by atoms with Crippen LogP contribution in [0, 0.1) is 0 Å². The first-order valence-corrected chi connectivity index (χ1v) is 13.1. The molecule has 184 valence electrons. The summed E-state index contributed by atoms with van der Waals surface area (Å²) in [6, 6.07) is 9.42. The van der Waals surface area contributed by atoms with Crippen molar-refractivity contribution in [1.82, 2.24) is 9.88 Å². The van der Waals surface area contributed by atoms with Crippen molar-refractivity contribution < 1.29 is 19.0 Å². The van der Waals surface area contributed by atoms with Crippen LogP contribution in [-0.4, -0.2) is 62.8 Å². The third-order valence-corrected chi connectivity index (χ3v) is 6.49. The Bertz CT molecular complexity index is 1090. The average molecular weight is 551 g/mol. The molecule has 1 heterocycles. The lowest BCUT2D eigenvalue weighted by Crippen LogP contribution is -2.33. The van der Waals surface area contributed by atoms with E-state index >= 15 is 0 Å². The Balaban J connectivity index is 2.04. The number of halogens is 1. The lowest BCUT2D eigenvalue weighted by Gasteiger charge is -2.22. The van der Waals surface area contributed by atoms with E-state index < -0.39 is 0 Å². The zero-order chi connectivity index (χ0) is 24.7. The molecule has 2 aromatic carbocycles. The van der Waals surface area contributed by atoms with Crippen molar-refractivity contribution in [2.24, 2.45) is 0 Å². The zero-order valence-electron chi connectivity index (χ0n) is 20.4. The first-order chi connectivity index (χ1) is 16.4. The molecule has 0 radical (unpaired) electrons. The highest BCUT2D eigenvalue weighted by Gasteiger charge is 2.25. The molecule has 3 rings (SSSR count). The molecule has 0 saturated carbocycles. The number of carbonyl (C=O) groups excluding carboxylic acids is 1. The summed E-state index contributed by atoms with van der Waals surface area (Å²) >= 11 is 5.02. The van der Waals surface area contributed by atoms with Gasteiger partial charge in [-0.15, -0.1) is 0 Å². The summed E-state index contributed by atoms with van der Waals surface area (Å²) in [6.45, 7) is 8.46. The summed E-state index contributed by atoms with van der Waals surface area (Å²) in [5.74, 6) is 1.37. The predicted molar refractivity (Wildman–Crippen MR) is 142 cm³/mol. The number of thiazole rings is 1. The molecule has 9 heteroatoms. The maximum Gasteiger partial charge on any atom is 0.260 e. The lowest BCUT2D eigenvalue weighted by atomic mass is 10.1. The molecular weight excluding hydrogens is 518 g/mol. The van der Waals surface area contributed by atoms with E-state index in [1.54, 1.807) is 17.0 Å². The maximum atomic E-state index is 13.9. The van der Waals surface area contributed by atoms with Gasteiger partial charge in [0.15, 0.2) is 16.6 Å². The van der Waals surface area contributed by atoms with Crippen LogP contribution in [0.3, 0.4) is 0 Å². The Morgan fingerprint density at radius 3 is 2.21 bits per heavy atom. The molecule has 3 aromatic rings. The normalized spacial score (nSPS) is 11.1. The van der Waals surface area contributed by atoms with Crippen molar-refractivity contribution in [3.8, 4) is 17.2 Å². The second kappa shape index (κ2) is 12.4. The summed E-state index contributed by atoms with van der Waals surface area (Å²) in [4.78, 5) is 22.5. The Kier molecular flexibility index (Phi) is 9.55. The average Bonchev–Trinajstić information content (AvgIpc) is 3.21. The number of ether oxygens (including phenoxy) is 3. The number of carbonyl (C=O) groups is 1. The molecular formula is C25H32BrN3O4S. The lowest BCUT2D eigenvalue weighted by molar-refractivity contribution is 0.0985. The van der Waals surface area contributed by atoms with Crippen molar-refractivity contribution in [2.45, 2.75) is 27.2 Å². The van der Waals surface area contributed by atoms with Crippen LogP contribution >= 0.6 is 27.3 Å². The number of benzene rings is 2. The van der Waals surface area contributed by atoms with Crippen LogP contribution < -0.4 is 19.1 Å². The van der Waals surface area contributed by atoms with Crippen molar-refractivity contribution in [1.29, 1.82) is 0 Å². The minimum absolute atomic E-state index is 0.151. The molecule has 0 saturated heterocycles. The second-order valence-corrected chi connectivity index (χ2v) is 9.75. The number of amides is 1. The number of rotatable bonds is 12. The van der Waals surface area contributed by atoms with E-state index in [0.717, 1.165) is 27.7 Å². The van der Waals surface area contributed by atoms with Gasteiger partial charge in [0.2, 0.25) is 5.75 Å². The molecule has 0 fully saturated rings. The summed E-state index contributed by atoms with van der Waals surface area (Å²) < 4.78 is 19.5. The topological polar surface area (TPSA) is 64.1 Å². The minimum atomic E-state index is -0.151. The standard InChI is InChI=1S/C25H32BrN3O4S/c1-6-31-20-14-17(15-21(32-7-2)23(20)33-8-3)24(30)29(13-9-12-28(4)5)25-27-19-11-10-18(26)16-22(19)34-25/h10-11,14-16H,6-9,12-13H2,1-5H3. The Morgan fingerprint density at radius 1 is 0.971 bits per heavy atom. The Hall–Kier alpha value is -2.36. The smallest absolute Gasteiger partial charge is 0.260 e. The number of fused-ring (bicyclic) bond motifs is 1. The van der Waals surface area contributed by atoms with E-state index in [1.807, 2.05) is 53.1 Å². The Labute approximate surface area is 213 Å². The summed E-state index contributed by atoms with van der Waals surface area (Å²) in [5, 5.41) is 0.668. The van der Waals surface area contributed by atoms with Crippen molar-refractivity contribution >= 4 is 48.5 Å². The van der Waals surface area contributed by atoms with Crippen LogP contribution in [0.4, 0.5) is 5.13 Å². The highest BCUT2D eigenvalue weighted by Crippen LogP contribution is 2.40. The van der Waals surface area contributed by atoms with Crippen LogP contribution in [0.15, 0.2) is 34.8 Å². The SMILES string of the molecule is CCOc1cc(C(=O)N(CCCN(C)C)c2nc3ccc(Br)cc3s2)cc(OCC)c1OCC. The largest absolute Gasteiger partial charge is 0.490 e. The van der Waals surface area contributed by atoms with Gasteiger partial charge in [-0.3, -0.25) is 9.69 Å². The molecule has 0 unspecified atom stereocenters. The molecule has 1 aromatic heterocycles. The van der Waals surface area contributed by atoms with E-state index in [0.29, 0.717) is 54.3 Å². The summed E-state index contributed by atoms with van der Waals surface area (Å²) in [7, 11) is 4.05. The molecule has 34 heavy (non-hydrogen) atoms. The second-order valence-electron chi connectivity index (χ2n) is 7.82. The maximum absolute atomic E-state index is 13.9. The van der Waals surface area contributed by atoms with Gasteiger partial charge in [-0.25, -0.2) is 4.98 Å². The first-order valence-electron chi connectivity index (χ1n) is 11.5. The minimum Gasteiger partial charge on any atom is -0.490 e. The number of anilines is 1. The molecule has 7 nitrogen and oxygen atoms in total. The quantitative estimate of drug-likeness (QED) is 0.282. The summed E-state index contributed by atoms with van der Waals surface area (Å²) in [6.07, 6.45) is 0.812. The molecule has 0 N–H and O–H groups in total. The van der Waals surface area contributed by atoms with E-state index in [2.05, 4.69) is 20.8 Å². The Morgan fingerprint density at radius 2 is 1.62 bits per heavy atom. The first kappa shape index (κ1) is 26.2. The number of hydrogen-bond acceptors (Lipinski definition) is 7. The summed E-state index contributed by atoms with van der Waals surface area (Å²) in [5.41, 5.74) is 1.34. The van der Waals surface area contributed by atoms with Gasteiger partial charge in [0.05, 0.1) is 30.0 Å². The van der Waals surface area contributed by atoms with Gasteiger partial charge in [0.25, 0.3) is 5.91 Å². The molecule has 0 atom stereocenters. The molecule has 0 aliphatic rings. The van der Waals surface area contributed by atoms with Crippen LogP contribution in [0.2, 0.25) is 0 Å². The van der Waals surface area contributed by atoms with E-state index in [1.165, 1.54) is 11.3 Å². The van der Waals surface area contributed by atoms with Gasteiger partial charge < -0.3 is 19.1 Å². The van der Waals surface area contributed by atoms with Crippen molar-refractivity contribution in [3.05, 3.63) is 40.4 Å². The molecule has 0 bridgehead atoms. The fourth-order valence-corrected chi connectivity index (χ4v) is 5.04. The van der Waals surface area contributed by atoms with Crippen molar-refractivity contribution in [3.63, 3.8) is 0 Å².